The van der Waals surface area contributed by atoms with E-state index in [1.54, 1.807) is 36.4 Å². The molecule has 2 rings (SSSR count). The summed E-state index contributed by atoms with van der Waals surface area (Å²) in [7, 11) is -3.86. The van der Waals surface area contributed by atoms with Gasteiger partial charge in [-0.2, -0.15) is 4.72 Å². The summed E-state index contributed by atoms with van der Waals surface area (Å²) in [5.74, 6) is -0.636. The number of nitrogens with one attached hydrogen (secondary N) is 3. The first kappa shape index (κ1) is 23.6. The van der Waals surface area contributed by atoms with Gasteiger partial charge in [-0.15, -0.1) is 0 Å². The number of anilines is 1. The fraction of sp³-hybridized carbons (Fsp3) is 0.364. The van der Waals surface area contributed by atoms with Gasteiger partial charge in [0.2, 0.25) is 15.9 Å². The molecule has 8 heteroatoms. The van der Waals surface area contributed by atoms with Gasteiger partial charge in [-0.1, -0.05) is 37.6 Å². The van der Waals surface area contributed by atoms with Crippen LogP contribution in [0.2, 0.25) is 0 Å². The van der Waals surface area contributed by atoms with Crippen LogP contribution in [0.5, 0.6) is 0 Å². The van der Waals surface area contributed by atoms with Gasteiger partial charge in [0.05, 0.1) is 4.90 Å². The molecule has 0 saturated carbocycles. The van der Waals surface area contributed by atoms with Gasteiger partial charge in [-0.3, -0.25) is 9.59 Å². The quantitative estimate of drug-likeness (QED) is 0.567. The zero-order valence-electron chi connectivity index (χ0n) is 17.7. The Morgan fingerprint density at radius 1 is 1.03 bits per heavy atom. The van der Waals surface area contributed by atoms with Crippen molar-refractivity contribution in [3.63, 3.8) is 0 Å². The number of amides is 2. The molecule has 0 heterocycles. The Morgan fingerprint density at radius 2 is 1.70 bits per heavy atom. The fourth-order valence-corrected chi connectivity index (χ4v) is 4.09. The lowest BCUT2D eigenvalue weighted by Gasteiger charge is -2.20. The molecular formula is C22H29N3O4S. The van der Waals surface area contributed by atoms with Crippen LogP contribution in [0.15, 0.2) is 53.4 Å². The summed E-state index contributed by atoms with van der Waals surface area (Å²) in [5, 5.41) is 5.42. The predicted octanol–water partition coefficient (Wildman–Crippen LogP) is 3.08. The molecule has 0 aliphatic rings. The van der Waals surface area contributed by atoms with Gasteiger partial charge in [0.15, 0.2) is 0 Å². The molecule has 0 aromatic heterocycles. The molecule has 0 fully saturated rings. The van der Waals surface area contributed by atoms with Crippen molar-refractivity contribution in [1.29, 1.82) is 0 Å². The molecule has 1 atom stereocenters. The van der Waals surface area contributed by atoms with E-state index in [9.17, 15) is 18.0 Å². The van der Waals surface area contributed by atoms with Gasteiger partial charge in [0, 0.05) is 17.8 Å². The fourth-order valence-electron chi connectivity index (χ4n) is 2.88. The highest BCUT2D eigenvalue weighted by Crippen LogP contribution is 2.16. The van der Waals surface area contributed by atoms with Crippen LogP contribution in [0.4, 0.5) is 5.69 Å². The van der Waals surface area contributed by atoms with Gasteiger partial charge in [0.25, 0.3) is 5.91 Å². The zero-order chi connectivity index (χ0) is 22.3. The Bertz CT molecular complexity index is 986. The predicted molar refractivity (Wildman–Crippen MR) is 118 cm³/mol. The van der Waals surface area contributed by atoms with Crippen LogP contribution < -0.4 is 15.4 Å². The first-order valence-corrected chi connectivity index (χ1v) is 11.4. The zero-order valence-corrected chi connectivity index (χ0v) is 18.5. The Morgan fingerprint density at radius 3 is 2.30 bits per heavy atom. The summed E-state index contributed by atoms with van der Waals surface area (Å²) in [6.45, 7) is 8.01. The second-order valence-corrected chi connectivity index (χ2v) is 9.26. The molecule has 0 aliphatic carbocycles. The van der Waals surface area contributed by atoms with Gasteiger partial charge in [-0.05, 0) is 56.5 Å². The molecule has 2 amide bonds. The second-order valence-electron chi connectivity index (χ2n) is 7.55. The Balaban J connectivity index is 2.20. The smallest absolute Gasteiger partial charge is 0.251 e. The third kappa shape index (κ3) is 6.67. The number of aryl methyl sites for hydroxylation is 1. The lowest BCUT2D eigenvalue weighted by molar-refractivity contribution is -0.118. The van der Waals surface area contributed by atoms with Crippen LogP contribution >= 0.6 is 0 Å². The van der Waals surface area contributed by atoms with E-state index in [0.29, 0.717) is 24.2 Å². The maximum Gasteiger partial charge on any atom is 0.251 e. The second kappa shape index (κ2) is 10.4. The van der Waals surface area contributed by atoms with Crippen molar-refractivity contribution < 1.29 is 18.0 Å². The van der Waals surface area contributed by atoms with Crippen LogP contribution in [0, 0.1) is 12.8 Å². The van der Waals surface area contributed by atoms with Crippen molar-refractivity contribution in [2.75, 3.05) is 11.9 Å². The van der Waals surface area contributed by atoms with E-state index in [1.165, 1.54) is 12.1 Å². The maximum absolute atomic E-state index is 12.9. The van der Waals surface area contributed by atoms with E-state index in [0.717, 1.165) is 5.56 Å². The van der Waals surface area contributed by atoms with Crippen LogP contribution in [0.25, 0.3) is 0 Å². The number of hydrogen-bond acceptors (Lipinski definition) is 4. The van der Waals surface area contributed by atoms with Crippen LogP contribution in [0.1, 0.15) is 43.1 Å². The molecular weight excluding hydrogens is 402 g/mol. The third-order valence-electron chi connectivity index (χ3n) is 4.38. The lowest BCUT2D eigenvalue weighted by atomic mass is 10.0. The number of hydrogen-bond donors (Lipinski definition) is 3. The van der Waals surface area contributed by atoms with Crippen molar-refractivity contribution in [2.45, 2.75) is 45.1 Å². The summed E-state index contributed by atoms with van der Waals surface area (Å²) in [6.07, 6.45) is 0.326. The van der Waals surface area contributed by atoms with Crippen LogP contribution in [-0.2, 0) is 14.8 Å². The molecule has 2 aromatic carbocycles. The molecule has 162 valence electrons. The van der Waals surface area contributed by atoms with Crippen LogP contribution in [0.3, 0.4) is 0 Å². The minimum atomic E-state index is -3.86. The van der Waals surface area contributed by atoms with E-state index in [2.05, 4.69) is 15.4 Å². The molecule has 1 unspecified atom stereocenters. The molecule has 0 saturated heterocycles. The lowest BCUT2D eigenvalue weighted by Crippen LogP contribution is -2.44. The van der Waals surface area contributed by atoms with E-state index >= 15 is 0 Å². The monoisotopic (exact) mass is 431 g/mol. The number of carbonyl (C=O) groups excluding carboxylic acids is 2. The highest BCUT2D eigenvalue weighted by molar-refractivity contribution is 7.89. The maximum atomic E-state index is 12.9. The molecule has 2 aromatic rings. The first-order valence-electron chi connectivity index (χ1n) is 9.90. The van der Waals surface area contributed by atoms with E-state index in [4.69, 9.17) is 0 Å². The summed E-state index contributed by atoms with van der Waals surface area (Å²) >= 11 is 0. The van der Waals surface area contributed by atoms with Crippen LogP contribution in [-0.4, -0.2) is 32.8 Å². The molecule has 30 heavy (non-hydrogen) atoms. The largest absolute Gasteiger partial charge is 0.352 e. The first-order chi connectivity index (χ1) is 14.1. The summed E-state index contributed by atoms with van der Waals surface area (Å²) in [6, 6.07) is 12.0. The average molecular weight is 432 g/mol. The summed E-state index contributed by atoms with van der Waals surface area (Å²) < 4.78 is 28.0. The Hall–Kier alpha value is -2.71. The average Bonchev–Trinajstić information content (AvgIpc) is 2.67. The van der Waals surface area contributed by atoms with Crippen molar-refractivity contribution in [3.05, 3.63) is 59.7 Å². The van der Waals surface area contributed by atoms with E-state index < -0.39 is 22.0 Å². The number of carbonyl (C=O) groups is 2. The summed E-state index contributed by atoms with van der Waals surface area (Å²) in [5.41, 5.74) is 1.78. The number of rotatable bonds is 9. The molecule has 3 N–H and O–H groups in total. The van der Waals surface area contributed by atoms with Gasteiger partial charge in [0.1, 0.15) is 6.04 Å². The molecule has 0 bridgehead atoms. The SMILES string of the molecule is CCNC(=O)c1cccc(NC(=O)C(CC(C)C)NS(=O)(=O)c2ccc(C)cc2)c1. The van der Waals surface area contributed by atoms with Crippen molar-refractivity contribution in [1.82, 2.24) is 10.0 Å². The van der Waals surface area contributed by atoms with Crippen molar-refractivity contribution >= 4 is 27.5 Å². The topological polar surface area (TPSA) is 104 Å². The molecule has 0 aliphatic heterocycles. The van der Waals surface area contributed by atoms with Crippen molar-refractivity contribution in [3.8, 4) is 0 Å². The highest BCUT2D eigenvalue weighted by atomic mass is 32.2. The van der Waals surface area contributed by atoms with Gasteiger partial charge < -0.3 is 10.6 Å². The van der Waals surface area contributed by atoms with Crippen molar-refractivity contribution in [2.24, 2.45) is 5.92 Å². The normalized spacial score (nSPS) is 12.4. The number of benzene rings is 2. The minimum absolute atomic E-state index is 0.0862. The molecule has 0 spiro atoms. The summed E-state index contributed by atoms with van der Waals surface area (Å²) in [4.78, 5) is 25.0. The molecule has 7 nitrogen and oxygen atoms in total. The van der Waals surface area contributed by atoms with E-state index in [-0.39, 0.29) is 16.7 Å². The third-order valence-corrected chi connectivity index (χ3v) is 5.87. The standard InChI is InChI=1S/C22H29N3O4S/c1-5-23-21(26)17-7-6-8-18(14-17)24-22(27)20(13-15(2)3)25-30(28,29)19-11-9-16(4)10-12-19/h6-12,14-15,20,25H,5,13H2,1-4H3,(H,23,26)(H,24,27). The number of sulfonamides is 1. The van der Waals surface area contributed by atoms with Gasteiger partial charge in [-0.25, -0.2) is 8.42 Å². The Labute approximate surface area is 178 Å². The van der Waals surface area contributed by atoms with E-state index in [1.807, 2.05) is 27.7 Å². The highest BCUT2D eigenvalue weighted by Gasteiger charge is 2.26. The Kier molecular flexibility index (Phi) is 8.14. The molecule has 0 radical (unpaired) electrons. The van der Waals surface area contributed by atoms with Gasteiger partial charge >= 0.3 is 0 Å². The minimum Gasteiger partial charge on any atom is -0.352 e.